The number of fused-ring (bicyclic) bond motifs is 3. The van der Waals surface area contributed by atoms with Crippen LogP contribution in [0, 0.1) is 6.92 Å². The fourth-order valence-electron chi connectivity index (χ4n) is 4.92. The van der Waals surface area contributed by atoms with Gasteiger partial charge in [-0.3, -0.25) is 9.36 Å². The second-order valence-corrected chi connectivity index (χ2v) is 10.7. The molecule has 2 heterocycles. The van der Waals surface area contributed by atoms with Crippen LogP contribution in [0.1, 0.15) is 40.3 Å². The molecule has 1 atom stereocenters. The molecule has 1 aliphatic heterocycles. The summed E-state index contributed by atoms with van der Waals surface area (Å²) in [5.74, 6) is 0. The highest BCUT2D eigenvalue weighted by Crippen LogP contribution is 2.41. The molecule has 0 saturated heterocycles. The molecule has 1 aromatic heterocycles. The highest BCUT2D eigenvalue weighted by molar-refractivity contribution is 7.98. The van der Waals surface area contributed by atoms with Crippen LogP contribution in [0.4, 0.5) is 0 Å². The lowest BCUT2D eigenvalue weighted by molar-refractivity contribution is 0.585. The van der Waals surface area contributed by atoms with Crippen LogP contribution < -0.4 is 14.9 Å². The van der Waals surface area contributed by atoms with Crippen molar-refractivity contribution in [3.8, 4) is 0 Å². The Morgan fingerprint density at radius 1 is 1.00 bits per heavy atom. The molecule has 0 bridgehead atoms. The minimum Gasteiger partial charge on any atom is -0.272 e. The summed E-state index contributed by atoms with van der Waals surface area (Å²) in [4.78, 5) is 20.9. The van der Waals surface area contributed by atoms with Crippen molar-refractivity contribution < 1.29 is 0 Å². The first-order valence-electron chi connectivity index (χ1n) is 11.5. The van der Waals surface area contributed by atoms with Crippen LogP contribution in [0.25, 0.3) is 11.8 Å². The Bertz CT molecular complexity index is 1610. The van der Waals surface area contributed by atoms with Crippen LogP contribution in [0.3, 0.4) is 0 Å². The Kier molecular flexibility index (Phi) is 5.39. The van der Waals surface area contributed by atoms with Gasteiger partial charge in [0.05, 0.1) is 16.3 Å². The molecule has 34 heavy (non-hydrogen) atoms. The largest absolute Gasteiger partial charge is 0.272 e. The van der Waals surface area contributed by atoms with Gasteiger partial charge in [-0.1, -0.05) is 77.6 Å². The van der Waals surface area contributed by atoms with Crippen molar-refractivity contribution in [1.82, 2.24) is 4.57 Å². The summed E-state index contributed by atoms with van der Waals surface area (Å²) in [6, 6.07) is 25.3. The molecule has 0 saturated carbocycles. The number of allylic oxidation sites excluding steroid dienone is 1. The molecule has 3 nitrogen and oxygen atoms in total. The lowest BCUT2D eigenvalue weighted by Gasteiger charge is -2.30. The summed E-state index contributed by atoms with van der Waals surface area (Å²) in [6.07, 6.45) is 5.96. The number of thiazole rings is 1. The Morgan fingerprint density at radius 2 is 1.76 bits per heavy atom. The Balaban J connectivity index is 1.60. The monoisotopic (exact) mass is 480 g/mol. The topological polar surface area (TPSA) is 34.4 Å². The summed E-state index contributed by atoms with van der Waals surface area (Å²) >= 11 is 3.22. The highest BCUT2D eigenvalue weighted by Gasteiger charge is 2.32. The maximum Gasteiger partial charge on any atom is 0.271 e. The Labute approximate surface area is 206 Å². The molecular formula is C29H24N2OS2. The van der Waals surface area contributed by atoms with Gasteiger partial charge in [0, 0.05) is 10.5 Å². The van der Waals surface area contributed by atoms with Gasteiger partial charge in [-0.15, -0.1) is 11.8 Å². The Hall–Kier alpha value is -3.15. The molecule has 6 rings (SSSR count). The number of benzene rings is 3. The van der Waals surface area contributed by atoms with Crippen molar-refractivity contribution in [2.75, 3.05) is 6.26 Å². The molecule has 0 spiro atoms. The fourth-order valence-corrected chi connectivity index (χ4v) is 6.33. The second-order valence-electron chi connectivity index (χ2n) is 8.80. The van der Waals surface area contributed by atoms with Gasteiger partial charge < -0.3 is 0 Å². The van der Waals surface area contributed by atoms with Gasteiger partial charge in [0.15, 0.2) is 4.80 Å². The summed E-state index contributed by atoms with van der Waals surface area (Å²) in [5, 5.41) is 0. The Morgan fingerprint density at radius 3 is 2.53 bits per heavy atom. The number of nitrogens with zero attached hydrogens (tertiary/aromatic N) is 2. The van der Waals surface area contributed by atoms with Crippen LogP contribution in [0.5, 0.6) is 0 Å². The van der Waals surface area contributed by atoms with E-state index in [1.807, 2.05) is 10.6 Å². The smallest absolute Gasteiger partial charge is 0.271 e. The average Bonchev–Trinajstić information content (AvgIpc) is 3.18. The van der Waals surface area contributed by atoms with Crippen LogP contribution in [-0.2, 0) is 6.42 Å². The lowest BCUT2D eigenvalue weighted by atomic mass is 9.83. The number of aryl methyl sites for hydroxylation is 2. The first kappa shape index (κ1) is 21.4. The average molecular weight is 481 g/mol. The van der Waals surface area contributed by atoms with Crippen LogP contribution in [0.2, 0.25) is 0 Å². The quantitative estimate of drug-likeness (QED) is 0.371. The van der Waals surface area contributed by atoms with Gasteiger partial charge >= 0.3 is 0 Å². The molecule has 3 aromatic carbocycles. The summed E-state index contributed by atoms with van der Waals surface area (Å²) < 4.78 is 2.65. The number of thioether (sulfide) groups is 1. The van der Waals surface area contributed by atoms with Crippen molar-refractivity contribution in [1.29, 1.82) is 0 Å². The molecule has 4 aromatic rings. The van der Waals surface area contributed by atoms with E-state index in [0.717, 1.165) is 39.0 Å². The van der Waals surface area contributed by atoms with Gasteiger partial charge in [-0.2, -0.15) is 0 Å². The molecule has 0 radical (unpaired) electrons. The van der Waals surface area contributed by atoms with Gasteiger partial charge in [-0.05, 0) is 66.5 Å². The first-order valence-corrected chi connectivity index (χ1v) is 13.5. The van der Waals surface area contributed by atoms with E-state index in [9.17, 15) is 4.79 Å². The number of hydrogen-bond donors (Lipinski definition) is 0. The van der Waals surface area contributed by atoms with E-state index < -0.39 is 0 Å². The van der Waals surface area contributed by atoms with Gasteiger partial charge in [0.2, 0.25) is 0 Å². The summed E-state index contributed by atoms with van der Waals surface area (Å²) in [7, 11) is 0. The van der Waals surface area contributed by atoms with Crippen molar-refractivity contribution in [3.05, 3.63) is 126 Å². The van der Waals surface area contributed by atoms with Gasteiger partial charge in [0.1, 0.15) is 0 Å². The third-order valence-corrected chi connectivity index (χ3v) is 8.41. The van der Waals surface area contributed by atoms with E-state index in [1.165, 1.54) is 38.5 Å². The third-order valence-electron chi connectivity index (χ3n) is 6.68. The zero-order valence-electron chi connectivity index (χ0n) is 19.1. The summed E-state index contributed by atoms with van der Waals surface area (Å²) in [5.41, 5.74) is 8.24. The molecular weight excluding hydrogens is 456 g/mol. The summed E-state index contributed by atoms with van der Waals surface area (Å²) in [6.45, 7) is 2.07. The van der Waals surface area contributed by atoms with E-state index in [4.69, 9.17) is 4.99 Å². The maximum absolute atomic E-state index is 13.8. The van der Waals surface area contributed by atoms with Gasteiger partial charge in [-0.25, -0.2) is 4.99 Å². The highest BCUT2D eigenvalue weighted by atomic mass is 32.2. The predicted octanol–water partition coefficient (Wildman–Crippen LogP) is 5.35. The molecule has 0 fully saturated rings. The number of rotatable bonds is 3. The zero-order valence-corrected chi connectivity index (χ0v) is 20.7. The maximum atomic E-state index is 13.8. The molecule has 2 aliphatic rings. The number of hydrogen-bond acceptors (Lipinski definition) is 4. The molecule has 0 N–H and O–H groups in total. The minimum absolute atomic E-state index is 0.0358. The van der Waals surface area contributed by atoms with E-state index in [1.54, 1.807) is 11.8 Å². The van der Waals surface area contributed by atoms with Crippen LogP contribution >= 0.6 is 23.1 Å². The van der Waals surface area contributed by atoms with E-state index in [0.29, 0.717) is 0 Å². The van der Waals surface area contributed by atoms with E-state index >= 15 is 0 Å². The fraction of sp³-hybridized carbons (Fsp3) is 0.172. The predicted molar refractivity (Wildman–Crippen MR) is 142 cm³/mol. The molecule has 0 amide bonds. The SMILES string of the molecule is CSc1ccc(C2C3=C(N=c4sc(=Cc5ccc(C)cc5)c(=O)n42)c2ccccc2CC3)cc1. The lowest BCUT2D eigenvalue weighted by Crippen LogP contribution is -2.38. The van der Waals surface area contributed by atoms with Crippen molar-refractivity contribution in [2.24, 2.45) is 4.99 Å². The second kappa shape index (κ2) is 8.57. The molecule has 1 unspecified atom stereocenters. The number of aromatic nitrogens is 1. The molecule has 168 valence electrons. The zero-order chi connectivity index (χ0) is 23.2. The van der Waals surface area contributed by atoms with E-state index in [-0.39, 0.29) is 11.6 Å². The molecule has 5 heteroatoms. The van der Waals surface area contributed by atoms with Crippen molar-refractivity contribution >= 4 is 34.9 Å². The van der Waals surface area contributed by atoms with Crippen LogP contribution in [0.15, 0.2) is 93.1 Å². The molecule has 1 aliphatic carbocycles. The normalized spacial score (nSPS) is 17.1. The van der Waals surface area contributed by atoms with Crippen molar-refractivity contribution in [2.45, 2.75) is 30.7 Å². The minimum atomic E-state index is -0.129. The third kappa shape index (κ3) is 3.60. The van der Waals surface area contributed by atoms with Crippen molar-refractivity contribution in [3.63, 3.8) is 0 Å². The van der Waals surface area contributed by atoms with E-state index in [2.05, 4.69) is 86.0 Å². The van der Waals surface area contributed by atoms with Crippen LogP contribution in [-0.4, -0.2) is 10.8 Å². The standard InChI is InChI=1S/C29H24N2OS2/c1-18-7-9-19(10-8-18)17-25-28(32)31-27(21-11-14-22(33-2)15-12-21)24-16-13-20-5-3-4-6-23(20)26(24)30-29(31)34-25/h3-12,14-15,17,27H,13,16H2,1-2H3. The van der Waals surface area contributed by atoms with Gasteiger partial charge in [0.25, 0.3) is 5.56 Å². The first-order chi connectivity index (χ1) is 16.6.